The molecule has 0 atom stereocenters. The van der Waals surface area contributed by atoms with Gasteiger partial charge < -0.3 is 14.6 Å². The lowest BCUT2D eigenvalue weighted by molar-refractivity contribution is -0.146. The van der Waals surface area contributed by atoms with Crippen LogP contribution in [0, 0.1) is 12.8 Å². The zero-order valence-electron chi connectivity index (χ0n) is 18.0. The van der Waals surface area contributed by atoms with Gasteiger partial charge in [0.25, 0.3) is 5.82 Å². The quantitative estimate of drug-likeness (QED) is 0.456. The molecular weight excluding hydrogens is 453 g/mol. The van der Waals surface area contributed by atoms with E-state index in [-0.39, 0.29) is 17.5 Å². The fraction of sp³-hybridized carbons (Fsp3) is 0.318. The van der Waals surface area contributed by atoms with Gasteiger partial charge >= 0.3 is 11.8 Å². The number of carbonyl (C=O) groups excluding carboxylic acids is 1. The second kappa shape index (κ2) is 8.12. The molecule has 9 nitrogen and oxygen atoms in total. The van der Waals surface area contributed by atoms with Crippen LogP contribution in [0.1, 0.15) is 24.2 Å². The van der Waals surface area contributed by atoms with E-state index in [4.69, 9.17) is 4.42 Å². The van der Waals surface area contributed by atoms with Gasteiger partial charge in [0.05, 0.1) is 0 Å². The Morgan fingerprint density at radius 2 is 1.88 bits per heavy atom. The van der Waals surface area contributed by atoms with Crippen molar-refractivity contribution in [3.8, 4) is 0 Å². The summed E-state index contributed by atoms with van der Waals surface area (Å²) in [5.74, 6) is -1.27. The molecule has 4 heterocycles. The third-order valence-electron chi connectivity index (χ3n) is 5.91. The fourth-order valence-electron chi connectivity index (χ4n) is 4.14. The Morgan fingerprint density at radius 1 is 1.12 bits per heavy atom. The van der Waals surface area contributed by atoms with E-state index in [9.17, 15) is 22.8 Å². The van der Waals surface area contributed by atoms with Crippen molar-refractivity contribution >= 4 is 34.0 Å². The van der Waals surface area contributed by atoms with Crippen molar-refractivity contribution in [3.63, 3.8) is 0 Å². The molecule has 1 saturated heterocycles. The van der Waals surface area contributed by atoms with Crippen LogP contribution in [0.2, 0.25) is 0 Å². The van der Waals surface area contributed by atoms with Crippen LogP contribution in [-0.2, 0) is 11.0 Å². The number of alkyl halides is 3. The maximum absolute atomic E-state index is 13.1. The number of nitrogens with zero attached hydrogens (tertiary/aromatic N) is 5. The number of halogens is 3. The third-order valence-corrected chi connectivity index (χ3v) is 5.91. The minimum Gasteiger partial charge on any atom is -0.423 e. The molecule has 0 radical (unpaired) electrons. The number of benzene rings is 1. The molecule has 176 valence electrons. The van der Waals surface area contributed by atoms with Gasteiger partial charge in [0.2, 0.25) is 5.91 Å². The number of fused-ring (bicyclic) bond motifs is 2. The molecule has 12 heteroatoms. The fourth-order valence-corrected chi connectivity index (χ4v) is 4.14. The molecule has 3 aromatic heterocycles. The lowest BCUT2D eigenvalue weighted by atomic mass is 9.95. The van der Waals surface area contributed by atoms with E-state index in [1.54, 1.807) is 24.3 Å². The number of nitrogens with one attached hydrogen (secondary N) is 1. The number of aryl methyl sites for hydroxylation is 1. The molecule has 0 aliphatic carbocycles. The SMILES string of the molecule is Cc1cc(=O)oc2cc(NC(=O)C3CCN(c4ccc5nnc(C(F)(F)F)n5n4)CC3)ccc12. The first kappa shape index (κ1) is 21.9. The molecule has 0 spiro atoms. The largest absolute Gasteiger partial charge is 0.453 e. The van der Waals surface area contributed by atoms with Crippen LogP contribution in [0.4, 0.5) is 24.7 Å². The third kappa shape index (κ3) is 4.06. The smallest absolute Gasteiger partial charge is 0.423 e. The Hall–Kier alpha value is -3.96. The Morgan fingerprint density at radius 3 is 2.62 bits per heavy atom. The van der Waals surface area contributed by atoms with Crippen LogP contribution in [-0.4, -0.2) is 38.8 Å². The molecule has 0 unspecified atom stereocenters. The second-order valence-corrected chi connectivity index (χ2v) is 8.19. The standard InChI is InChI=1S/C22H19F3N6O3/c1-12-10-19(32)34-16-11-14(2-3-15(12)16)26-20(33)13-6-8-30(9-7-13)18-5-4-17-27-28-21(22(23,24)25)31(17)29-18/h2-5,10-11,13H,6-9H2,1H3,(H,26,33). The van der Waals surface area contributed by atoms with Gasteiger partial charge in [0.15, 0.2) is 5.65 Å². The van der Waals surface area contributed by atoms with E-state index in [0.717, 1.165) is 10.9 Å². The van der Waals surface area contributed by atoms with E-state index in [2.05, 4.69) is 20.6 Å². The highest BCUT2D eigenvalue weighted by molar-refractivity contribution is 5.95. The Kier molecular flexibility index (Phi) is 5.22. The summed E-state index contributed by atoms with van der Waals surface area (Å²) in [5.41, 5.74) is 1.25. The first-order valence-electron chi connectivity index (χ1n) is 10.6. The maximum Gasteiger partial charge on any atom is 0.453 e. The van der Waals surface area contributed by atoms with Crippen molar-refractivity contribution in [2.75, 3.05) is 23.3 Å². The maximum atomic E-state index is 13.1. The predicted molar refractivity (Wildman–Crippen MR) is 117 cm³/mol. The number of piperidine rings is 1. The molecule has 0 bridgehead atoms. The van der Waals surface area contributed by atoms with Crippen molar-refractivity contribution in [1.82, 2.24) is 19.8 Å². The highest BCUT2D eigenvalue weighted by atomic mass is 19.4. The van der Waals surface area contributed by atoms with Gasteiger partial charge in [0.1, 0.15) is 11.4 Å². The van der Waals surface area contributed by atoms with E-state index < -0.39 is 17.6 Å². The molecule has 1 N–H and O–H groups in total. The summed E-state index contributed by atoms with van der Waals surface area (Å²) < 4.78 is 45.3. The number of rotatable bonds is 3. The van der Waals surface area contributed by atoms with Gasteiger partial charge in [-0.25, -0.2) is 4.79 Å². The van der Waals surface area contributed by atoms with Crippen LogP contribution < -0.4 is 15.8 Å². The number of amides is 1. The summed E-state index contributed by atoms with van der Waals surface area (Å²) >= 11 is 0. The van der Waals surface area contributed by atoms with Crippen molar-refractivity contribution in [2.24, 2.45) is 5.92 Å². The number of hydrogen-bond acceptors (Lipinski definition) is 7. The number of carbonyl (C=O) groups is 1. The number of aromatic nitrogens is 4. The summed E-state index contributed by atoms with van der Waals surface area (Å²) in [7, 11) is 0. The number of hydrogen-bond donors (Lipinski definition) is 1. The molecule has 1 aromatic carbocycles. The average Bonchev–Trinajstić information content (AvgIpc) is 3.23. The molecule has 1 aliphatic rings. The van der Waals surface area contributed by atoms with E-state index in [0.29, 0.717) is 47.5 Å². The van der Waals surface area contributed by atoms with Crippen molar-refractivity contribution in [1.29, 1.82) is 0 Å². The van der Waals surface area contributed by atoms with Gasteiger partial charge in [-0.05, 0) is 49.6 Å². The minimum atomic E-state index is -4.67. The molecule has 4 aromatic rings. The summed E-state index contributed by atoms with van der Waals surface area (Å²) in [6.07, 6.45) is -3.66. The molecule has 1 aliphatic heterocycles. The second-order valence-electron chi connectivity index (χ2n) is 8.19. The van der Waals surface area contributed by atoms with E-state index in [1.165, 1.54) is 12.1 Å². The normalized spacial score (nSPS) is 15.2. The van der Waals surface area contributed by atoms with Gasteiger partial charge in [-0.1, -0.05) is 0 Å². The minimum absolute atomic E-state index is 0.00625. The zero-order chi connectivity index (χ0) is 24.0. The average molecular weight is 472 g/mol. The molecular formula is C22H19F3N6O3. The predicted octanol–water partition coefficient (Wildman–Crippen LogP) is 3.41. The van der Waals surface area contributed by atoms with Gasteiger partial charge in [-0.2, -0.15) is 17.7 Å². The van der Waals surface area contributed by atoms with Crippen LogP contribution in [0.5, 0.6) is 0 Å². The Labute approximate surface area is 190 Å². The zero-order valence-corrected chi connectivity index (χ0v) is 18.0. The summed E-state index contributed by atoms with van der Waals surface area (Å²) in [6, 6.07) is 9.59. The lowest BCUT2D eigenvalue weighted by Crippen LogP contribution is -2.38. The van der Waals surface area contributed by atoms with Crippen LogP contribution >= 0.6 is 0 Å². The van der Waals surface area contributed by atoms with Gasteiger partial charge in [-0.15, -0.1) is 15.3 Å². The van der Waals surface area contributed by atoms with Crippen molar-refractivity contribution in [3.05, 3.63) is 58.2 Å². The summed E-state index contributed by atoms with van der Waals surface area (Å²) in [4.78, 5) is 26.3. The summed E-state index contributed by atoms with van der Waals surface area (Å²) in [6.45, 7) is 2.71. The van der Waals surface area contributed by atoms with E-state index in [1.807, 2.05) is 11.8 Å². The Balaban J connectivity index is 1.27. The van der Waals surface area contributed by atoms with Crippen LogP contribution in [0.3, 0.4) is 0 Å². The van der Waals surface area contributed by atoms with Crippen molar-refractivity contribution in [2.45, 2.75) is 25.9 Å². The molecule has 34 heavy (non-hydrogen) atoms. The Bertz CT molecular complexity index is 1450. The van der Waals surface area contributed by atoms with Gasteiger partial charge in [0, 0.05) is 42.2 Å². The topological polar surface area (TPSA) is 106 Å². The highest BCUT2D eigenvalue weighted by Gasteiger charge is 2.38. The van der Waals surface area contributed by atoms with Crippen LogP contribution in [0.15, 0.2) is 45.6 Å². The molecule has 1 fully saturated rings. The monoisotopic (exact) mass is 472 g/mol. The molecule has 5 rings (SSSR count). The highest BCUT2D eigenvalue weighted by Crippen LogP contribution is 2.29. The van der Waals surface area contributed by atoms with E-state index >= 15 is 0 Å². The first-order chi connectivity index (χ1) is 16.2. The lowest BCUT2D eigenvalue weighted by Gasteiger charge is -2.32. The summed E-state index contributed by atoms with van der Waals surface area (Å²) in [5, 5.41) is 14.4. The first-order valence-corrected chi connectivity index (χ1v) is 10.6. The number of anilines is 2. The van der Waals surface area contributed by atoms with Crippen LogP contribution in [0.25, 0.3) is 16.6 Å². The molecule has 1 amide bonds. The van der Waals surface area contributed by atoms with Crippen molar-refractivity contribution < 1.29 is 22.4 Å². The van der Waals surface area contributed by atoms with Gasteiger partial charge in [-0.3, -0.25) is 4.79 Å². The molecule has 0 saturated carbocycles.